The Bertz CT molecular complexity index is 1500. The molecule has 4 rings (SSSR count). The molecule has 4 aromatic rings. The molecule has 2 aromatic carbocycles. The van der Waals surface area contributed by atoms with Crippen LogP contribution in [0.15, 0.2) is 65.8 Å². The van der Waals surface area contributed by atoms with E-state index in [1.165, 1.54) is 29.4 Å². The lowest BCUT2D eigenvalue weighted by Gasteiger charge is -2.17. The Hall–Kier alpha value is -2.23. The van der Waals surface area contributed by atoms with E-state index in [1.54, 1.807) is 41.0 Å². The average molecular weight is 670 g/mol. The third kappa shape index (κ3) is 6.49. The molecule has 0 aliphatic heterocycles. The van der Waals surface area contributed by atoms with E-state index in [4.69, 9.17) is 14.2 Å². The van der Waals surface area contributed by atoms with Crippen molar-refractivity contribution in [1.82, 2.24) is 13.5 Å². The SMILES string of the molecule is COCOc1ccc2c(C(O)c3nc(I)cn3COCC[Si](C)(C)C)cn(S(=O)(=O)c3ccccc3)c2c1. The van der Waals surface area contributed by atoms with Crippen molar-refractivity contribution in [3.8, 4) is 5.75 Å². The molecular weight excluding hydrogens is 637 g/mol. The number of ether oxygens (including phenoxy) is 3. The number of hydrogen-bond acceptors (Lipinski definition) is 7. The van der Waals surface area contributed by atoms with Gasteiger partial charge in [-0.05, 0) is 52.9 Å². The van der Waals surface area contributed by atoms with Crippen LogP contribution in [0, 0.1) is 3.70 Å². The molecule has 9 nitrogen and oxygen atoms in total. The first kappa shape index (κ1) is 28.8. The summed E-state index contributed by atoms with van der Waals surface area (Å²) in [7, 11) is -3.70. The summed E-state index contributed by atoms with van der Waals surface area (Å²) in [6.07, 6.45) is 2.07. The lowest BCUT2D eigenvalue weighted by Crippen LogP contribution is -2.22. The van der Waals surface area contributed by atoms with Crippen LogP contribution in [0.25, 0.3) is 10.9 Å². The van der Waals surface area contributed by atoms with Gasteiger partial charge in [0.05, 0.1) is 10.4 Å². The molecule has 0 amide bonds. The number of nitrogens with zero attached hydrogens (tertiary/aromatic N) is 3. The van der Waals surface area contributed by atoms with Gasteiger partial charge in [0.15, 0.2) is 6.79 Å². The van der Waals surface area contributed by atoms with Gasteiger partial charge >= 0.3 is 0 Å². The highest BCUT2D eigenvalue weighted by Gasteiger charge is 2.27. The van der Waals surface area contributed by atoms with Crippen LogP contribution in [-0.4, -0.2) is 55.6 Å². The van der Waals surface area contributed by atoms with Crippen LogP contribution in [0.4, 0.5) is 0 Å². The monoisotopic (exact) mass is 669 g/mol. The van der Waals surface area contributed by atoms with Gasteiger partial charge in [-0.3, -0.25) is 0 Å². The van der Waals surface area contributed by atoms with Crippen LogP contribution in [0.2, 0.25) is 25.7 Å². The molecule has 12 heteroatoms. The summed E-state index contributed by atoms with van der Waals surface area (Å²) < 4.78 is 47.4. The van der Waals surface area contributed by atoms with Crippen molar-refractivity contribution >= 4 is 51.6 Å². The number of hydrogen-bond donors (Lipinski definition) is 1. The average Bonchev–Trinajstić information content (AvgIpc) is 3.45. The van der Waals surface area contributed by atoms with Crippen LogP contribution in [0.3, 0.4) is 0 Å². The zero-order valence-corrected chi connectivity index (χ0v) is 25.8. The van der Waals surface area contributed by atoms with Gasteiger partial charge in [-0.2, -0.15) is 0 Å². The lowest BCUT2D eigenvalue weighted by atomic mass is 10.1. The first-order valence-corrected chi connectivity index (χ1v) is 18.3. The van der Waals surface area contributed by atoms with Gasteiger partial charge in [-0.25, -0.2) is 17.4 Å². The Kier molecular flexibility index (Phi) is 8.99. The zero-order valence-electron chi connectivity index (χ0n) is 21.8. The Morgan fingerprint density at radius 3 is 2.53 bits per heavy atom. The minimum atomic E-state index is -3.96. The van der Waals surface area contributed by atoms with Crippen molar-refractivity contribution in [3.05, 3.63) is 76.0 Å². The summed E-state index contributed by atoms with van der Waals surface area (Å²) in [5.41, 5.74) is 0.777. The second kappa shape index (κ2) is 11.9. The topological polar surface area (TPSA) is 105 Å². The highest BCUT2D eigenvalue weighted by molar-refractivity contribution is 14.1. The van der Waals surface area contributed by atoms with E-state index in [9.17, 15) is 13.5 Å². The maximum absolute atomic E-state index is 13.6. The molecule has 1 unspecified atom stereocenters. The molecule has 2 heterocycles. The summed E-state index contributed by atoms with van der Waals surface area (Å²) in [5.74, 6) is 0.813. The van der Waals surface area contributed by atoms with Crippen molar-refractivity contribution in [1.29, 1.82) is 0 Å². The third-order valence-electron chi connectivity index (χ3n) is 5.96. The predicted octanol–water partition coefficient (Wildman–Crippen LogP) is 5.06. The lowest BCUT2D eigenvalue weighted by molar-refractivity contribution is 0.0512. The molecule has 204 valence electrons. The standard InChI is InChI=1S/C26H32IN3O6SSi/c1-34-18-36-19-10-11-21-22(15-30(23(21)14-19)37(32,33)20-8-6-5-7-9-20)25(31)26-28-24(27)16-29(26)17-35-12-13-38(2,3)4/h5-11,14-16,25,31H,12-13,17-18H2,1-4H3. The molecular formula is C26H32IN3O6SSi. The fraction of sp³-hybridized carbons (Fsp3) is 0.346. The summed E-state index contributed by atoms with van der Waals surface area (Å²) in [5, 5.41) is 12.1. The Labute approximate surface area is 237 Å². The third-order valence-corrected chi connectivity index (χ3v) is 9.87. The van der Waals surface area contributed by atoms with Gasteiger partial charge in [0.2, 0.25) is 0 Å². The highest BCUT2D eigenvalue weighted by Crippen LogP contribution is 2.35. The van der Waals surface area contributed by atoms with E-state index in [2.05, 4.69) is 47.2 Å². The fourth-order valence-electron chi connectivity index (χ4n) is 3.94. The smallest absolute Gasteiger partial charge is 0.268 e. The summed E-state index contributed by atoms with van der Waals surface area (Å²) in [6, 6.07) is 14.3. The first-order valence-electron chi connectivity index (χ1n) is 12.1. The molecule has 0 fully saturated rings. The Morgan fingerprint density at radius 1 is 1.11 bits per heavy atom. The quantitative estimate of drug-likeness (QED) is 0.0974. The maximum Gasteiger partial charge on any atom is 0.268 e. The molecule has 0 bridgehead atoms. The molecule has 0 aliphatic rings. The number of halogens is 1. The van der Waals surface area contributed by atoms with Gasteiger partial charge in [0.1, 0.15) is 28.1 Å². The van der Waals surface area contributed by atoms with Crippen molar-refractivity contribution in [2.24, 2.45) is 0 Å². The molecule has 2 aromatic heterocycles. The predicted molar refractivity (Wildman–Crippen MR) is 157 cm³/mol. The summed E-state index contributed by atoms with van der Waals surface area (Å²) >= 11 is 2.09. The van der Waals surface area contributed by atoms with Gasteiger partial charge in [0.25, 0.3) is 10.0 Å². The number of fused-ring (bicyclic) bond motifs is 1. The van der Waals surface area contributed by atoms with Gasteiger partial charge in [-0.1, -0.05) is 37.8 Å². The van der Waals surface area contributed by atoms with E-state index in [0.717, 1.165) is 6.04 Å². The zero-order chi connectivity index (χ0) is 27.5. The number of aliphatic hydroxyl groups excluding tert-OH is 1. The van der Waals surface area contributed by atoms with E-state index in [1.807, 2.05) is 6.20 Å². The number of benzene rings is 2. The Morgan fingerprint density at radius 2 is 1.84 bits per heavy atom. The minimum absolute atomic E-state index is 0.0146. The van der Waals surface area contributed by atoms with Crippen LogP contribution in [0.1, 0.15) is 17.5 Å². The summed E-state index contributed by atoms with van der Waals surface area (Å²) in [4.78, 5) is 4.67. The fourth-order valence-corrected chi connectivity index (χ4v) is 6.67. The largest absolute Gasteiger partial charge is 0.467 e. The van der Waals surface area contributed by atoms with Gasteiger partial charge < -0.3 is 23.9 Å². The molecule has 0 radical (unpaired) electrons. The van der Waals surface area contributed by atoms with Crippen molar-refractivity contribution in [2.45, 2.75) is 43.4 Å². The molecule has 0 saturated heterocycles. The van der Waals surface area contributed by atoms with Crippen molar-refractivity contribution in [2.75, 3.05) is 20.5 Å². The van der Waals surface area contributed by atoms with E-state index < -0.39 is 24.2 Å². The molecule has 0 aliphatic carbocycles. The number of imidazole rings is 1. The van der Waals surface area contributed by atoms with Crippen molar-refractivity contribution < 1.29 is 27.7 Å². The number of aliphatic hydroxyl groups is 1. The second-order valence-electron chi connectivity index (χ2n) is 10.1. The van der Waals surface area contributed by atoms with Crippen LogP contribution < -0.4 is 4.74 Å². The van der Waals surface area contributed by atoms with E-state index >= 15 is 0 Å². The van der Waals surface area contributed by atoms with E-state index in [-0.39, 0.29) is 18.4 Å². The van der Waals surface area contributed by atoms with E-state index in [0.29, 0.717) is 38.3 Å². The molecule has 38 heavy (non-hydrogen) atoms. The summed E-state index contributed by atoms with van der Waals surface area (Å²) in [6.45, 7) is 7.74. The molecule has 0 spiro atoms. The van der Waals surface area contributed by atoms with Crippen LogP contribution in [-0.2, 0) is 26.2 Å². The van der Waals surface area contributed by atoms with Crippen LogP contribution in [0.5, 0.6) is 5.75 Å². The minimum Gasteiger partial charge on any atom is -0.467 e. The van der Waals surface area contributed by atoms with Gasteiger partial charge in [0, 0.05) is 51.2 Å². The Balaban J connectivity index is 1.76. The second-order valence-corrected chi connectivity index (χ2v) is 18.6. The molecule has 1 atom stereocenters. The number of methoxy groups -OCH3 is 1. The normalized spacial score (nSPS) is 13.2. The first-order chi connectivity index (χ1) is 18.0. The van der Waals surface area contributed by atoms with Gasteiger partial charge in [-0.15, -0.1) is 0 Å². The molecule has 0 saturated carbocycles. The maximum atomic E-state index is 13.6. The number of rotatable bonds is 12. The van der Waals surface area contributed by atoms with Crippen molar-refractivity contribution in [3.63, 3.8) is 0 Å². The highest BCUT2D eigenvalue weighted by atomic mass is 127. The molecule has 1 N–H and O–H groups in total. The van der Waals surface area contributed by atoms with Crippen LogP contribution >= 0.6 is 22.6 Å². The number of aromatic nitrogens is 3.